The van der Waals surface area contributed by atoms with Gasteiger partial charge in [-0.25, -0.2) is 4.98 Å². The lowest BCUT2D eigenvalue weighted by Crippen LogP contribution is -2.16. The Morgan fingerprint density at radius 1 is 1.50 bits per heavy atom. The van der Waals surface area contributed by atoms with E-state index in [2.05, 4.69) is 15.2 Å². The quantitative estimate of drug-likeness (QED) is 0.853. The van der Waals surface area contributed by atoms with Gasteiger partial charge in [-0.05, 0) is 19.9 Å². The Kier molecular flexibility index (Phi) is 3.05. The minimum absolute atomic E-state index is 0.0456. The molecule has 0 fully saturated rings. The fourth-order valence-electron chi connectivity index (χ4n) is 1.45. The van der Waals surface area contributed by atoms with Crippen LogP contribution in [0.1, 0.15) is 12.6 Å². The van der Waals surface area contributed by atoms with Crippen LogP contribution in [0.5, 0.6) is 5.88 Å². The Labute approximate surface area is 93.8 Å². The maximum absolute atomic E-state index is 5.62. The SMILES string of the molecule is COC(C)COc1nccc2n[nH]c(C)c12. The Balaban J connectivity index is 2.26. The van der Waals surface area contributed by atoms with E-state index in [1.807, 2.05) is 19.9 Å². The molecule has 0 saturated carbocycles. The highest BCUT2D eigenvalue weighted by atomic mass is 16.5. The van der Waals surface area contributed by atoms with Crippen LogP contribution in [-0.2, 0) is 4.74 Å². The van der Waals surface area contributed by atoms with Gasteiger partial charge in [-0.1, -0.05) is 0 Å². The number of aromatic amines is 1. The fraction of sp³-hybridized carbons (Fsp3) is 0.455. The van der Waals surface area contributed by atoms with E-state index in [9.17, 15) is 0 Å². The smallest absolute Gasteiger partial charge is 0.224 e. The molecule has 0 bridgehead atoms. The number of aromatic nitrogens is 3. The van der Waals surface area contributed by atoms with Crippen LogP contribution in [0, 0.1) is 6.92 Å². The number of nitrogens with one attached hydrogen (secondary N) is 1. The average Bonchev–Trinajstić information content (AvgIpc) is 2.69. The van der Waals surface area contributed by atoms with Crippen LogP contribution in [0.4, 0.5) is 0 Å². The van der Waals surface area contributed by atoms with Crippen molar-refractivity contribution in [2.75, 3.05) is 13.7 Å². The first kappa shape index (κ1) is 10.9. The summed E-state index contributed by atoms with van der Waals surface area (Å²) >= 11 is 0. The van der Waals surface area contributed by atoms with Gasteiger partial charge in [0.05, 0.1) is 17.0 Å². The van der Waals surface area contributed by atoms with E-state index in [1.165, 1.54) is 0 Å². The van der Waals surface area contributed by atoms with E-state index in [0.29, 0.717) is 12.5 Å². The molecule has 2 rings (SSSR count). The van der Waals surface area contributed by atoms with E-state index >= 15 is 0 Å². The summed E-state index contributed by atoms with van der Waals surface area (Å²) < 4.78 is 10.7. The molecule has 0 amide bonds. The number of nitrogens with zero attached hydrogens (tertiary/aromatic N) is 2. The number of rotatable bonds is 4. The maximum Gasteiger partial charge on any atom is 0.224 e. The molecule has 2 aromatic heterocycles. The van der Waals surface area contributed by atoms with Gasteiger partial charge in [-0.15, -0.1) is 0 Å². The minimum atomic E-state index is 0.0456. The lowest BCUT2D eigenvalue weighted by atomic mass is 10.2. The summed E-state index contributed by atoms with van der Waals surface area (Å²) in [6.45, 7) is 4.37. The molecule has 0 aliphatic rings. The van der Waals surface area contributed by atoms with Crippen LogP contribution in [0.25, 0.3) is 10.9 Å². The molecular formula is C11H15N3O2. The third kappa shape index (κ3) is 1.99. The second-order valence-corrected chi connectivity index (χ2v) is 3.72. The van der Waals surface area contributed by atoms with Crippen LogP contribution in [0.15, 0.2) is 12.3 Å². The molecule has 0 aromatic carbocycles. The summed E-state index contributed by atoms with van der Waals surface area (Å²) in [5.74, 6) is 0.604. The van der Waals surface area contributed by atoms with Gasteiger partial charge in [0.2, 0.25) is 5.88 Å². The van der Waals surface area contributed by atoms with Crippen molar-refractivity contribution < 1.29 is 9.47 Å². The van der Waals surface area contributed by atoms with Crippen LogP contribution in [0.3, 0.4) is 0 Å². The number of aryl methyl sites for hydroxylation is 1. The number of methoxy groups -OCH3 is 1. The Morgan fingerprint density at radius 3 is 3.06 bits per heavy atom. The molecule has 0 aliphatic carbocycles. The van der Waals surface area contributed by atoms with Crippen molar-refractivity contribution in [3.8, 4) is 5.88 Å². The van der Waals surface area contributed by atoms with Gasteiger partial charge in [-0.2, -0.15) is 5.10 Å². The molecule has 5 heteroatoms. The largest absolute Gasteiger partial charge is 0.474 e. The zero-order valence-electron chi connectivity index (χ0n) is 9.65. The molecule has 0 radical (unpaired) electrons. The third-order valence-corrected chi connectivity index (χ3v) is 2.47. The molecule has 1 unspecified atom stereocenters. The van der Waals surface area contributed by atoms with E-state index in [0.717, 1.165) is 16.6 Å². The highest BCUT2D eigenvalue weighted by Crippen LogP contribution is 2.24. The lowest BCUT2D eigenvalue weighted by Gasteiger charge is -2.11. The average molecular weight is 221 g/mol. The zero-order valence-corrected chi connectivity index (χ0v) is 9.65. The molecular weight excluding hydrogens is 206 g/mol. The Hall–Kier alpha value is -1.62. The van der Waals surface area contributed by atoms with Gasteiger partial charge < -0.3 is 9.47 Å². The molecule has 0 saturated heterocycles. The molecule has 2 aromatic rings. The van der Waals surface area contributed by atoms with Gasteiger partial charge in [0, 0.05) is 19.0 Å². The Bertz CT molecular complexity index is 481. The monoisotopic (exact) mass is 221 g/mol. The zero-order chi connectivity index (χ0) is 11.5. The highest BCUT2D eigenvalue weighted by Gasteiger charge is 2.10. The van der Waals surface area contributed by atoms with Crippen molar-refractivity contribution in [3.05, 3.63) is 18.0 Å². The predicted octanol–water partition coefficient (Wildman–Crippen LogP) is 1.68. The first-order chi connectivity index (χ1) is 7.72. The molecule has 0 aliphatic heterocycles. The van der Waals surface area contributed by atoms with Gasteiger partial charge >= 0.3 is 0 Å². The highest BCUT2D eigenvalue weighted by molar-refractivity contribution is 5.85. The second kappa shape index (κ2) is 4.49. The van der Waals surface area contributed by atoms with E-state index < -0.39 is 0 Å². The van der Waals surface area contributed by atoms with Gasteiger partial charge in [-0.3, -0.25) is 5.10 Å². The molecule has 1 atom stereocenters. The van der Waals surface area contributed by atoms with Crippen molar-refractivity contribution in [3.63, 3.8) is 0 Å². The molecule has 16 heavy (non-hydrogen) atoms. The number of ether oxygens (including phenoxy) is 2. The van der Waals surface area contributed by atoms with Crippen LogP contribution >= 0.6 is 0 Å². The van der Waals surface area contributed by atoms with E-state index in [4.69, 9.17) is 9.47 Å². The van der Waals surface area contributed by atoms with Crippen molar-refractivity contribution in [1.29, 1.82) is 0 Å². The minimum Gasteiger partial charge on any atom is -0.474 e. The van der Waals surface area contributed by atoms with Gasteiger partial charge in [0.1, 0.15) is 6.61 Å². The fourth-order valence-corrected chi connectivity index (χ4v) is 1.45. The molecule has 5 nitrogen and oxygen atoms in total. The van der Waals surface area contributed by atoms with E-state index in [-0.39, 0.29) is 6.10 Å². The predicted molar refractivity (Wildman–Crippen MR) is 60.6 cm³/mol. The number of fused-ring (bicyclic) bond motifs is 1. The van der Waals surface area contributed by atoms with E-state index in [1.54, 1.807) is 13.3 Å². The normalized spacial score (nSPS) is 12.9. The first-order valence-electron chi connectivity index (χ1n) is 5.17. The van der Waals surface area contributed by atoms with Crippen LogP contribution in [0.2, 0.25) is 0 Å². The number of hydrogen-bond acceptors (Lipinski definition) is 4. The van der Waals surface area contributed by atoms with Crippen molar-refractivity contribution >= 4 is 10.9 Å². The summed E-state index contributed by atoms with van der Waals surface area (Å²) in [6, 6.07) is 1.85. The standard InChI is InChI=1S/C11H15N3O2/c1-7(15-3)6-16-11-10-8(2)13-14-9(10)4-5-12-11/h4-5,7H,6H2,1-3H3,(H,13,14). The summed E-state index contributed by atoms with van der Waals surface area (Å²) in [4.78, 5) is 4.21. The number of pyridine rings is 1. The van der Waals surface area contributed by atoms with Crippen LogP contribution < -0.4 is 4.74 Å². The number of hydrogen-bond donors (Lipinski definition) is 1. The topological polar surface area (TPSA) is 60.0 Å². The summed E-state index contributed by atoms with van der Waals surface area (Å²) in [5.41, 5.74) is 1.83. The second-order valence-electron chi connectivity index (χ2n) is 3.72. The summed E-state index contributed by atoms with van der Waals surface area (Å²) in [7, 11) is 1.66. The van der Waals surface area contributed by atoms with Crippen LogP contribution in [-0.4, -0.2) is 35.0 Å². The Morgan fingerprint density at radius 2 is 2.31 bits per heavy atom. The van der Waals surface area contributed by atoms with Crippen molar-refractivity contribution in [2.24, 2.45) is 0 Å². The van der Waals surface area contributed by atoms with Gasteiger partial charge in [0.25, 0.3) is 0 Å². The molecule has 86 valence electrons. The molecule has 2 heterocycles. The van der Waals surface area contributed by atoms with Gasteiger partial charge in [0.15, 0.2) is 0 Å². The van der Waals surface area contributed by atoms with Crippen molar-refractivity contribution in [1.82, 2.24) is 15.2 Å². The molecule has 1 N–H and O–H groups in total. The first-order valence-corrected chi connectivity index (χ1v) is 5.17. The lowest BCUT2D eigenvalue weighted by molar-refractivity contribution is 0.0706. The summed E-state index contributed by atoms with van der Waals surface area (Å²) in [5, 5.41) is 8.00. The molecule has 0 spiro atoms. The maximum atomic E-state index is 5.62. The third-order valence-electron chi connectivity index (χ3n) is 2.47. The summed E-state index contributed by atoms with van der Waals surface area (Å²) in [6.07, 6.45) is 1.74. The van der Waals surface area contributed by atoms with Crippen molar-refractivity contribution in [2.45, 2.75) is 20.0 Å². The number of H-pyrrole nitrogens is 1.